The van der Waals surface area contributed by atoms with E-state index in [1.807, 2.05) is 42.6 Å². The quantitative estimate of drug-likeness (QED) is 0.762. The number of nitrogens with zero attached hydrogens (tertiary/aromatic N) is 3. The number of hydrogen-bond acceptors (Lipinski definition) is 3. The minimum Gasteiger partial charge on any atom is -0.382 e. The lowest BCUT2D eigenvalue weighted by Crippen LogP contribution is -1.98. The van der Waals surface area contributed by atoms with Gasteiger partial charge in [0.1, 0.15) is 0 Å². The van der Waals surface area contributed by atoms with Gasteiger partial charge in [0.15, 0.2) is 11.5 Å². The summed E-state index contributed by atoms with van der Waals surface area (Å²) in [6.45, 7) is 4.00. The predicted octanol–water partition coefficient (Wildman–Crippen LogP) is 2.52. The van der Waals surface area contributed by atoms with Gasteiger partial charge in [-0.3, -0.25) is 0 Å². The van der Waals surface area contributed by atoms with Gasteiger partial charge in [0.25, 0.3) is 0 Å². The van der Waals surface area contributed by atoms with Crippen LogP contribution < -0.4 is 5.73 Å². The van der Waals surface area contributed by atoms with Gasteiger partial charge in [-0.25, -0.2) is 9.50 Å². The molecular formula is C15H16N4. The van der Waals surface area contributed by atoms with E-state index in [1.54, 1.807) is 0 Å². The van der Waals surface area contributed by atoms with Crippen LogP contribution in [0.15, 0.2) is 36.4 Å². The van der Waals surface area contributed by atoms with Crippen molar-refractivity contribution in [2.45, 2.75) is 20.3 Å². The Labute approximate surface area is 111 Å². The van der Waals surface area contributed by atoms with Crippen LogP contribution >= 0.6 is 0 Å². The van der Waals surface area contributed by atoms with E-state index in [2.05, 4.69) is 22.2 Å². The third kappa shape index (κ3) is 2.05. The zero-order valence-corrected chi connectivity index (χ0v) is 11.1. The van der Waals surface area contributed by atoms with Crippen molar-refractivity contribution in [3.05, 3.63) is 58.9 Å². The van der Waals surface area contributed by atoms with Gasteiger partial charge in [0.2, 0.25) is 0 Å². The van der Waals surface area contributed by atoms with Crippen molar-refractivity contribution >= 4 is 11.5 Å². The summed E-state index contributed by atoms with van der Waals surface area (Å²) in [6, 6.07) is 12.3. The van der Waals surface area contributed by atoms with Gasteiger partial charge >= 0.3 is 0 Å². The topological polar surface area (TPSA) is 56.2 Å². The SMILES string of the molecule is Cc1cc(C)n2nc(N)c(Cc3ccccc3)c2n1. The Bertz CT molecular complexity index is 729. The zero-order valence-electron chi connectivity index (χ0n) is 11.1. The van der Waals surface area contributed by atoms with Crippen LogP contribution in [0, 0.1) is 13.8 Å². The fraction of sp³-hybridized carbons (Fsp3) is 0.200. The number of nitrogen functional groups attached to an aromatic ring is 1. The highest BCUT2D eigenvalue weighted by atomic mass is 15.3. The van der Waals surface area contributed by atoms with Crippen molar-refractivity contribution in [2.75, 3.05) is 5.73 Å². The standard InChI is InChI=1S/C15H16N4/c1-10-8-11(2)19-15(17-10)13(14(16)18-19)9-12-6-4-3-5-7-12/h3-8H,9H2,1-2H3,(H2,16,18). The Kier molecular flexibility index (Phi) is 2.71. The number of anilines is 1. The second-order valence-corrected chi connectivity index (χ2v) is 4.80. The van der Waals surface area contributed by atoms with Crippen molar-refractivity contribution in [1.82, 2.24) is 14.6 Å². The molecule has 2 heterocycles. The molecule has 0 aliphatic heterocycles. The van der Waals surface area contributed by atoms with E-state index in [-0.39, 0.29) is 0 Å². The summed E-state index contributed by atoms with van der Waals surface area (Å²) in [5.74, 6) is 0.560. The second-order valence-electron chi connectivity index (χ2n) is 4.80. The minimum absolute atomic E-state index is 0.560. The summed E-state index contributed by atoms with van der Waals surface area (Å²) in [4.78, 5) is 4.57. The number of aromatic nitrogens is 3. The first kappa shape index (κ1) is 11.7. The van der Waals surface area contributed by atoms with Crippen LogP contribution in [-0.2, 0) is 6.42 Å². The highest BCUT2D eigenvalue weighted by Crippen LogP contribution is 2.21. The Morgan fingerprint density at radius 1 is 1.16 bits per heavy atom. The Balaban J connectivity index is 2.15. The number of rotatable bonds is 2. The van der Waals surface area contributed by atoms with Crippen LogP contribution in [0.4, 0.5) is 5.82 Å². The molecule has 0 unspecified atom stereocenters. The van der Waals surface area contributed by atoms with E-state index >= 15 is 0 Å². The molecule has 2 aromatic heterocycles. The van der Waals surface area contributed by atoms with Gasteiger partial charge in [0, 0.05) is 23.4 Å². The molecule has 0 atom stereocenters. The number of nitrogens with two attached hydrogens (primary N) is 1. The number of fused-ring (bicyclic) bond motifs is 1. The first-order valence-corrected chi connectivity index (χ1v) is 6.30. The van der Waals surface area contributed by atoms with Crippen LogP contribution in [0.2, 0.25) is 0 Å². The molecule has 3 rings (SSSR count). The zero-order chi connectivity index (χ0) is 13.4. The van der Waals surface area contributed by atoms with Gasteiger partial charge in [-0.1, -0.05) is 30.3 Å². The lowest BCUT2D eigenvalue weighted by atomic mass is 10.1. The number of hydrogen-bond donors (Lipinski definition) is 1. The molecule has 0 saturated heterocycles. The first-order valence-electron chi connectivity index (χ1n) is 6.30. The fourth-order valence-corrected chi connectivity index (χ4v) is 2.35. The molecule has 0 aliphatic rings. The monoisotopic (exact) mass is 252 g/mol. The molecule has 1 aromatic carbocycles. The van der Waals surface area contributed by atoms with Crippen LogP contribution in [0.3, 0.4) is 0 Å². The minimum atomic E-state index is 0.560. The molecule has 3 aromatic rings. The Morgan fingerprint density at radius 2 is 1.89 bits per heavy atom. The highest BCUT2D eigenvalue weighted by Gasteiger charge is 2.13. The normalized spacial score (nSPS) is 11.1. The third-order valence-corrected chi connectivity index (χ3v) is 3.25. The lowest BCUT2D eigenvalue weighted by Gasteiger charge is -2.03. The van der Waals surface area contributed by atoms with E-state index in [0.29, 0.717) is 5.82 Å². The lowest BCUT2D eigenvalue weighted by molar-refractivity contribution is 0.890. The van der Waals surface area contributed by atoms with Gasteiger partial charge in [-0.05, 0) is 25.5 Å². The van der Waals surface area contributed by atoms with Crippen molar-refractivity contribution in [3.63, 3.8) is 0 Å². The molecular weight excluding hydrogens is 236 g/mol. The van der Waals surface area contributed by atoms with E-state index < -0.39 is 0 Å². The van der Waals surface area contributed by atoms with Crippen LogP contribution in [0.1, 0.15) is 22.5 Å². The maximum atomic E-state index is 6.05. The number of aryl methyl sites for hydroxylation is 2. The average molecular weight is 252 g/mol. The summed E-state index contributed by atoms with van der Waals surface area (Å²) in [7, 11) is 0. The van der Waals surface area contributed by atoms with E-state index in [1.165, 1.54) is 5.56 Å². The van der Waals surface area contributed by atoms with Gasteiger partial charge in [-0.15, -0.1) is 5.10 Å². The van der Waals surface area contributed by atoms with Crippen molar-refractivity contribution in [1.29, 1.82) is 0 Å². The molecule has 0 fully saturated rings. The largest absolute Gasteiger partial charge is 0.382 e. The molecule has 0 saturated carbocycles. The molecule has 4 nitrogen and oxygen atoms in total. The Morgan fingerprint density at radius 3 is 2.63 bits per heavy atom. The molecule has 96 valence electrons. The molecule has 0 bridgehead atoms. The number of benzene rings is 1. The summed E-state index contributed by atoms with van der Waals surface area (Å²) in [6.07, 6.45) is 0.756. The fourth-order valence-electron chi connectivity index (χ4n) is 2.35. The molecule has 0 aliphatic carbocycles. The second kappa shape index (κ2) is 4.39. The molecule has 0 spiro atoms. The van der Waals surface area contributed by atoms with E-state index in [4.69, 9.17) is 5.73 Å². The Hall–Kier alpha value is -2.36. The molecule has 0 radical (unpaired) electrons. The summed E-state index contributed by atoms with van der Waals surface area (Å²) in [5, 5.41) is 4.38. The third-order valence-electron chi connectivity index (χ3n) is 3.25. The van der Waals surface area contributed by atoms with Crippen molar-refractivity contribution in [2.24, 2.45) is 0 Å². The van der Waals surface area contributed by atoms with E-state index in [9.17, 15) is 0 Å². The molecule has 19 heavy (non-hydrogen) atoms. The first-order chi connectivity index (χ1) is 9.15. The van der Waals surface area contributed by atoms with Crippen LogP contribution in [-0.4, -0.2) is 14.6 Å². The van der Waals surface area contributed by atoms with Gasteiger partial charge in [-0.2, -0.15) is 0 Å². The maximum absolute atomic E-state index is 6.05. The summed E-state index contributed by atoms with van der Waals surface area (Å²) < 4.78 is 1.82. The molecule has 0 amide bonds. The highest BCUT2D eigenvalue weighted by molar-refractivity contribution is 5.61. The average Bonchev–Trinajstić information content (AvgIpc) is 2.69. The van der Waals surface area contributed by atoms with Crippen LogP contribution in [0.25, 0.3) is 5.65 Å². The maximum Gasteiger partial charge on any atom is 0.161 e. The van der Waals surface area contributed by atoms with Gasteiger partial charge < -0.3 is 5.73 Å². The molecule has 4 heteroatoms. The van der Waals surface area contributed by atoms with E-state index in [0.717, 1.165) is 29.0 Å². The van der Waals surface area contributed by atoms with Crippen molar-refractivity contribution in [3.8, 4) is 0 Å². The van der Waals surface area contributed by atoms with Crippen LogP contribution in [0.5, 0.6) is 0 Å². The predicted molar refractivity (Wildman–Crippen MR) is 76.1 cm³/mol. The van der Waals surface area contributed by atoms with Gasteiger partial charge in [0.05, 0.1) is 0 Å². The summed E-state index contributed by atoms with van der Waals surface area (Å²) in [5.41, 5.74) is 11.2. The molecule has 2 N–H and O–H groups in total. The van der Waals surface area contributed by atoms with Crippen molar-refractivity contribution < 1.29 is 0 Å². The summed E-state index contributed by atoms with van der Waals surface area (Å²) >= 11 is 0. The smallest absolute Gasteiger partial charge is 0.161 e.